The Labute approximate surface area is 131 Å². The molecule has 0 aromatic carbocycles. The van der Waals surface area contributed by atoms with Gasteiger partial charge in [0, 0.05) is 20.1 Å². The molecule has 0 aliphatic heterocycles. The fourth-order valence-corrected chi connectivity index (χ4v) is 2.49. The number of hydrogen-bond acceptors (Lipinski definition) is 3. The molecule has 0 aliphatic carbocycles. The van der Waals surface area contributed by atoms with Crippen molar-refractivity contribution >= 4 is 17.5 Å². The molecule has 0 saturated carbocycles. The van der Waals surface area contributed by atoms with Gasteiger partial charge in [-0.25, -0.2) is 0 Å². The summed E-state index contributed by atoms with van der Waals surface area (Å²) in [5, 5.41) is 14.7. The van der Waals surface area contributed by atoms with Crippen molar-refractivity contribution in [1.29, 1.82) is 0 Å². The summed E-state index contributed by atoms with van der Waals surface area (Å²) in [7, 11) is 1.73. The molecule has 1 rings (SSSR count). The second-order valence-electron chi connectivity index (χ2n) is 6.37. The van der Waals surface area contributed by atoms with Crippen LogP contribution in [0.25, 0.3) is 0 Å². The van der Waals surface area contributed by atoms with Crippen LogP contribution in [0.3, 0.4) is 0 Å². The summed E-state index contributed by atoms with van der Waals surface area (Å²) >= 11 is 6.26. The highest BCUT2D eigenvalue weighted by Crippen LogP contribution is 2.27. The van der Waals surface area contributed by atoms with E-state index in [1.165, 1.54) is 4.68 Å². The molecule has 21 heavy (non-hydrogen) atoms. The Balaban J connectivity index is 3.20. The molecular weight excluding hydrogens is 290 g/mol. The van der Waals surface area contributed by atoms with E-state index in [2.05, 4.69) is 5.10 Å². The molecule has 0 bridgehead atoms. The molecule has 1 N–H and O–H groups in total. The normalized spacial score (nSPS) is 12.0. The minimum absolute atomic E-state index is 0.105. The van der Waals surface area contributed by atoms with Crippen LogP contribution in [0.2, 0.25) is 5.15 Å². The van der Waals surface area contributed by atoms with Crippen LogP contribution >= 0.6 is 11.6 Å². The van der Waals surface area contributed by atoms with Gasteiger partial charge in [-0.15, -0.1) is 0 Å². The zero-order valence-electron chi connectivity index (χ0n) is 13.8. The highest BCUT2D eigenvalue weighted by molar-refractivity contribution is 6.33. The predicted molar refractivity (Wildman–Crippen MR) is 84.8 cm³/mol. The van der Waals surface area contributed by atoms with Crippen molar-refractivity contribution in [2.75, 3.05) is 13.1 Å². The van der Waals surface area contributed by atoms with Crippen LogP contribution in [0.1, 0.15) is 63.0 Å². The largest absolute Gasteiger partial charge is 0.389 e. The first kappa shape index (κ1) is 18.0. The highest BCUT2D eigenvalue weighted by Gasteiger charge is 2.29. The molecule has 1 aromatic heterocycles. The van der Waals surface area contributed by atoms with Crippen LogP contribution < -0.4 is 0 Å². The van der Waals surface area contributed by atoms with Crippen LogP contribution in [-0.4, -0.2) is 44.4 Å². The summed E-state index contributed by atoms with van der Waals surface area (Å²) in [5.41, 5.74) is 0.202. The van der Waals surface area contributed by atoms with Crippen molar-refractivity contribution in [3.8, 4) is 0 Å². The Morgan fingerprint density at radius 1 is 1.48 bits per heavy atom. The van der Waals surface area contributed by atoms with E-state index in [-0.39, 0.29) is 18.4 Å². The smallest absolute Gasteiger partial charge is 0.259 e. The van der Waals surface area contributed by atoms with E-state index >= 15 is 0 Å². The molecule has 5 nitrogen and oxygen atoms in total. The molecule has 0 aliphatic rings. The average molecular weight is 316 g/mol. The second-order valence-corrected chi connectivity index (χ2v) is 6.73. The number of rotatable bonds is 6. The molecule has 0 unspecified atom stereocenters. The van der Waals surface area contributed by atoms with Gasteiger partial charge in [0.15, 0.2) is 0 Å². The number of aryl methyl sites for hydroxylation is 1. The number of carbonyl (C=O) groups excluding carboxylic acids is 1. The van der Waals surface area contributed by atoms with Crippen molar-refractivity contribution in [2.24, 2.45) is 7.05 Å². The Bertz CT molecular complexity index is 504. The maximum absolute atomic E-state index is 12.8. The molecule has 1 aromatic rings. The molecule has 1 amide bonds. The van der Waals surface area contributed by atoms with Crippen molar-refractivity contribution < 1.29 is 9.90 Å². The Hall–Kier alpha value is -1.07. The van der Waals surface area contributed by atoms with E-state index in [1.54, 1.807) is 25.8 Å². The monoisotopic (exact) mass is 315 g/mol. The van der Waals surface area contributed by atoms with Gasteiger partial charge in [0.1, 0.15) is 5.15 Å². The van der Waals surface area contributed by atoms with E-state index in [0.717, 1.165) is 6.42 Å². The van der Waals surface area contributed by atoms with E-state index in [4.69, 9.17) is 11.6 Å². The van der Waals surface area contributed by atoms with Crippen molar-refractivity contribution in [3.05, 3.63) is 16.4 Å². The summed E-state index contributed by atoms with van der Waals surface area (Å²) in [6.45, 7) is 10.2. The minimum atomic E-state index is -0.947. The fraction of sp³-hybridized carbons (Fsp3) is 0.733. The Kier molecular flexibility index (Phi) is 5.82. The number of hydrogen-bond donors (Lipinski definition) is 1. The van der Waals surface area contributed by atoms with Gasteiger partial charge in [-0.1, -0.05) is 32.4 Å². The zero-order chi connectivity index (χ0) is 16.4. The number of carbonyl (C=O) groups is 1. The number of halogens is 1. The van der Waals surface area contributed by atoms with Gasteiger partial charge in [-0.05, 0) is 26.2 Å². The van der Waals surface area contributed by atoms with Gasteiger partial charge in [0.25, 0.3) is 5.91 Å². The molecule has 1 heterocycles. The van der Waals surface area contributed by atoms with Crippen molar-refractivity contribution in [1.82, 2.24) is 14.7 Å². The molecule has 6 heteroatoms. The Morgan fingerprint density at radius 2 is 2.05 bits per heavy atom. The second kappa shape index (κ2) is 6.79. The average Bonchev–Trinajstić information content (AvgIpc) is 2.63. The van der Waals surface area contributed by atoms with Gasteiger partial charge in [0.05, 0.1) is 16.9 Å². The molecule has 0 radical (unpaired) electrons. The number of aliphatic hydroxyl groups is 1. The van der Waals surface area contributed by atoms with Crippen molar-refractivity contribution in [2.45, 2.75) is 52.6 Å². The predicted octanol–water partition coefficient (Wildman–Crippen LogP) is 2.82. The lowest BCUT2D eigenvalue weighted by molar-refractivity contribution is 0.0300. The van der Waals surface area contributed by atoms with Gasteiger partial charge >= 0.3 is 0 Å². The van der Waals surface area contributed by atoms with Crippen LogP contribution in [0.4, 0.5) is 0 Å². The lowest BCUT2D eigenvalue weighted by atomic mass is 10.0. The lowest BCUT2D eigenvalue weighted by Crippen LogP contribution is -2.43. The summed E-state index contributed by atoms with van der Waals surface area (Å²) in [5.74, 6) is -0.0611. The first-order chi connectivity index (χ1) is 9.58. The SMILES string of the molecule is CCCN(CC(C)(C)O)C(=O)c1c(C(C)C)nn(C)c1Cl. The minimum Gasteiger partial charge on any atom is -0.389 e. The summed E-state index contributed by atoms with van der Waals surface area (Å²) in [6.07, 6.45) is 0.816. The molecule has 0 atom stereocenters. The number of aromatic nitrogens is 2. The third-order valence-electron chi connectivity index (χ3n) is 3.12. The lowest BCUT2D eigenvalue weighted by Gasteiger charge is -2.29. The first-order valence-electron chi connectivity index (χ1n) is 7.32. The van der Waals surface area contributed by atoms with Crippen LogP contribution in [0.5, 0.6) is 0 Å². The highest BCUT2D eigenvalue weighted by atomic mass is 35.5. The fourth-order valence-electron chi connectivity index (χ4n) is 2.27. The maximum atomic E-state index is 12.8. The summed E-state index contributed by atoms with van der Waals surface area (Å²) < 4.78 is 1.53. The van der Waals surface area contributed by atoms with Crippen LogP contribution in [-0.2, 0) is 7.05 Å². The molecule has 120 valence electrons. The van der Waals surface area contributed by atoms with Gasteiger partial charge in [-0.3, -0.25) is 9.48 Å². The molecular formula is C15H26ClN3O2. The zero-order valence-corrected chi connectivity index (χ0v) is 14.5. The molecule has 0 saturated heterocycles. The van der Waals surface area contributed by atoms with Gasteiger partial charge in [-0.2, -0.15) is 5.10 Å². The number of nitrogens with zero attached hydrogens (tertiary/aromatic N) is 3. The number of amides is 1. The summed E-state index contributed by atoms with van der Waals surface area (Å²) in [4.78, 5) is 14.5. The van der Waals surface area contributed by atoms with E-state index < -0.39 is 5.60 Å². The van der Waals surface area contributed by atoms with E-state index in [0.29, 0.717) is 23.0 Å². The standard InChI is InChI=1S/C15H26ClN3O2/c1-7-8-19(9-15(4,5)21)14(20)11-12(10(2)3)17-18(6)13(11)16/h10,21H,7-9H2,1-6H3. The van der Waals surface area contributed by atoms with Gasteiger partial charge < -0.3 is 10.0 Å². The topological polar surface area (TPSA) is 58.4 Å². The third-order valence-corrected chi connectivity index (χ3v) is 3.56. The summed E-state index contributed by atoms with van der Waals surface area (Å²) in [6, 6.07) is 0. The van der Waals surface area contributed by atoms with Gasteiger partial charge in [0.2, 0.25) is 0 Å². The van der Waals surface area contributed by atoms with Crippen LogP contribution in [0.15, 0.2) is 0 Å². The first-order valence-corrected chi connectivity index (χ1v) is 7.70. The molecule has 0 fully saturated rings. The van der Waals surface area contributed by atoms with E-state index in [1.807, 2.05) is 20.8 Å². The third kappa shape index (κ3) is 4.45. The maximum Gasteiger partial charge on any atom is 0.259 e. The van der Waals surface area contributed by atoms with Crippen molar-refractivity contribution in [3.63, 3.8) is 0 Å². The Morgan fingerprint density at radius 3 is 2.48 bits per heavy atom. The quantitative estimate of drug-likeness (QED) is 0.878. The van der Waals surface area contributed by atoms with E-state index in [9.17, 15) is 9.90 Å². The molecule has 0 spiro atoms. The van der Waals surface area contributed by atoms with Crippen LogP contribution in [0, 0.1) is 0 Å².